The molecule has 0 spiro atoms. The lowest BCUT2D eigenvalue weighted by Gasteiger charge is -2.26. The third kappa shape index (κ3) is 3.13. The zero-order chi connectivity index (χ0) is 14.8. The number of likely N-dealkylation sites (N-methyl/N-ethyl adjacent to an activating group) is 1. The van der Waals surface area contributed by atoms with Crippen molar-refractivity contribution in [3.8, 4) is 11.8 Å². The van der Waals surface area contributed by atoms with Crippen LogP contribution in [0, 0.1) is 17.2 Å². The molecule has 0 heterocycles. The Balaban J connectivity index is 2.02. The number of nitriles is 1. The second-order valence-electron chi connectivity index (χ2n) is 6.67. The third-order valence-corrected chi connectivity index (χ3v) is 4.11. The van der Waals surface area contributed by atoms with Gasteiger partial charge in [0, 0.05) is 0 Å². The number of benzene rings is 1. The van der Waals surface area contributed by atoms with E-state index < -0.39 is 5.54 Å². The summed E-state index contributed by atoms with van der Waals surface area (Å²) in [5, 5.41) is 12.6. The van der Waals surface area contributed by atoms with Gasteiger partial charge in [-0.15, -0.1) is 0 Å². The first kappa shape index (κ1) is 14.9. The van der Waals surface area contributed by atoms with Gasteiger partial charge < -0.3 is 4.74 Å². The van der Waals surface area contributed by atoms with Gasteiger partial charge in [0.1, 0.15) is 17.9 Å². The molecule has 0 radical (unpaired) electrons. The van der Waals surface area contributed by atoms with Crippen molar-refractivity contribution in [2.75, 3.05) is 13.7 Å². The molecule has 3 nitrogen and oxygen atoms in total. The smallest absolute Gasteiger partial charge is 0.143 e. The Morgan fingerprint density at radius 3 is 2.25 bits per heavy atom. The second kappa shape index (κ2) is 5.46. The summed E-state index contributed by atoms with van der Waals surface area (Å²) in [6, 6.07) is 10.6. The number of nitrogens with one attached hydrogen (secondary N) is 1. The van der Waals surface area contributed by atoms with Gasteiger partial charge in [0.15, 0.2) is 0 Å². The minimum atomic E-state index is -0.539. The van der Waals surface area contributed by atoms with Crippen molar-refractivity contribution in [3.05, 3.63) is 29.8 Å². The molecule has 3 heteroatoms. The second-order valence-corrected chi connectivity index (χ2v) is 6.67. The molecule has 0 aliphatic heterocycles. The summed E-state index contributed by atoms with van der Waals surface area (Å²) in [5.74, 6) is 1.25. The normalized spacial score (nSPS) is 18.1. The van der Waals surface area contributed by atoms with Gasteiger partial charge in [-0.05, 0) is 48.9 Å². The summed E-state index contributed by atoms with van der Waals surface area (Å²) in [7, 11) is 1.84. The van der Waals surface area contributed by atoms with Crippen LogP contribution < -0.4 is 10.1 Å². The molecule has 1 atom stereocenters. The molecule has 0 saturated heterocycles. The summed E-state index contributed by atoms with van der Waals surface area (Å²) < 4.78 is 5.84. The van der Waals surface area contributed by atoms with Crippen LogP contribution in [0.4, 0.5) is 0 Å². The summed E-state index contributed by atoms with van der Waals surface area (Å²) in [6.07, 6.45) is 2.22. The van der Waals surface area contributed by atoms with E-state index in [2.05, 4.69) is 44.3 Å². The van der Waals surface area contributed by atoms with Crippen molar-refractivity contribution >= 4 is 0 Å². The van der Waals surface area contributed by atoms with Crippen molar-refractivity contribution in [3.63, 3.8) is 0 Å². The van der Waals surface area contributed by atoms with E-state index in [0.29, 0.717) is 12.5 Å². The molecule has 1 aliphatic carbocycles. The molecule has 1 aromatic carbocycles. The summed E-state index contributed by atoms with van der Waals surface area (Å²) in [6.45, 7) is 6.98. The highest BCUT2D eigenvalue weighted by Gasteiger charge is 2.45. The van der Waals surface area contributed by atoms with Crippen LogP contribution in [0.2, 0.25) is 0 Å². The fourth-order valence-corrected chi connectivity index (χ4v) is 2.40. The molecule has 0 bridgehead atoms. The molecule has 20 heavy (non-hydrogen) atoms. The number of rotatable bonds is 5. The summed E-state index contributed by atoms with van der Waals surface area (Å²) in [5.41, 5.74) is 0.892. The Hall–Kier alpha value is -1.53. The SMILES string of the molecule is CNC(C#N)(COc1ccc(C(C)(C)C)cc1)C1CC1. The van der Waals surface area contributed by atoms with Gasteiger partial charge in [-0.3, -0.25) is 5.32 Å². The average Bonchev–Trinajstić information content (AvgIpc) is 3.25. The number of ether oxygens (including phenoxy) is 1. The Morgan fingerprint density at radius 1 is 1.25 bits per heavy atom. The van der Waals surface area contributed by atoms with Crippen molar-refractivity contribution in [2.24, 2.45) is 5.92 Å². The zero-order valence-corrected chi connectivity index (χ0v) is 12.9. The molecule has 108 valence electrons. The first-order valence-corrected chi connectivity index (χ1v) is 7.25. The first-order chi connectivity index (χ1) is 9.41. The molecule has 1 N–H and O–H groups in total. The Labute approximate surface area is 121 Å². The van der Waals surface area contributed by atoms with Crippen LogP contribution >= 0.6 is 0 Å². The van der Waals surface area contributed by atoms with E-state index in [0.717, 1.165) is 18.6 Å². The number of nitrogens with zero attached hydrogens (tertiary/aromatic N) is 1. The predicted octanol–water partition coefficient (Wildman–Crippen LogP) is 3.25. The monoisotopic (exact) mass is 272 g/mol. The van der Waals surface area contributed by atoms with Crippen molar-refractivity contribution in [2.45, 2.75) is 44.6 Å². The van der Waals surface area contributed by atoms with E-state index in [1.165, 1.54) is 5.56 Å². The quantitative estimate of drug-likeness (QED) is 0.895. The van der Waals surface area contributed by atoms with Crippen LogP contribution in [0.15, 0.2) is 24.3 Å². The number of hydrogen-bond donors (Lipinski definition) is 1. The third-order valence-electron chi connectivity index (χ3n) is 4.11. The van der Waals surface area contributed by atoms with Crippen molar-refractivity contribution in [1.82, 2.24) is 5.32 Å². The van der Waals surface area contributed by atoms with Crippen LogP contribution in [0.25, 0.3) is 0 Å². The van der Waals surface area contributed by atoms with Crippen LogP contribution in [0.1, 0.15) is 39.2 Å². The van der Waals surface area contributed by atoms with E-state index in [1.54, 1.807) is 0 Å². The standard InChI is InChI=1S/C17H24N2O/c1-16(2,3)13-7-9-15(10-8-13)20-12-17(11-18,19-4)14-5-6-14/h7-10,14,19H,5-6,12H2,1-4H3. The van der Waals surface area contributed by atoms with Gasteiger partial charge in [-0.1, -0.05) is 32.9 Å². The van der Waals surface area contributed by atoms with Gasteiger partial charge in [0.05, 0.1) is 6.07 Å². The molecule has 1 aromatic rings. The minimum Gasteiger partial charge on any atom is -0.491 e. The lowest BCUT2D eigenvalue weighted by molar-refractivity contribution is 0.210. The van der Waals surface area contributed by atoms with Crippen LogP contribution in [0.5, 0.6) is 5.75 Å². The number of hydrogen-bond acceptors (Lipinski definition) is 3. The maximum Gasteiger partial charge on any atom is 0.143 e. The van der Waals surface area contributed by atoms with Crippen molar-refractivity contribution < 1.29 is 4.74 Å². The fourth-order valence-electron chi connectivity index (χ4n) is 2.40. The van der Waals surface area contributed by atoms with Crippen LogP contribution in [0.3, 0.4) is 0 Å². The lowest BCUT2D eigenvalue weighted by Crippen LogP contribution is -2.49. The maximum absolute atomic E-state index is 9.42. The Kier molecular flexibility index (Phi) is 4.06. The highest BCUT2D eigenvalue weighted by Crippen LogP contribution is 2.39. The van der Waals surface area contributed by atoms with Crippen LogP contribution in [-0.4, -0.2) is 19.2 Å². The Morgan fingerprint density at radius 2 is 1.85 bits per heavy atom. The molecule has 2 rings (SSSR count). The Bertz CT molecular complexity index is 491. The van der Waals surface area contributed by atoms with E-state index in [1.807, 2.05) is 19.2 Å². The molecule has 0 aromatic heterocycles. The zero-order valence-electron chi connectivity index (χ0n) is 12.9. The summed E-state index contributed by atoms with van der Waals surface area (Å²) >= 11 is 0. The minimum absolute atomic E-state index is 0.147. The largest absolute Gasteiger partial charge is 0.491 e. The lowest BCUT2D eigenvalue weighted by atomic mass is 9.87. The van der Waals surface area contributed by atoms with Crippen LogP contribution in [-0.2, 0) is 5.41 Å². The molecule has 1 fully saturated rings. The van der Waals surface area contributed by atoms with E-state index in [9.17, 15) is 5.26 Å². The average molecular weight is 272 g/mol. The molecular formula is C17H24N2O. The maximum atomic E-state index is 9.42. The molecule has 1 saturated carbocycles. The molecule has 1 unspecified atom stereocenters. The fraction of sp³-hybridized carbons (Fsp3) is 0.588. The van der Waals surface area contributed by atoms with Gasteiger partial charge in [0.25, 0.3) is 0 Å². The molecule has 0 amide bonds. The summed E-state index contributed by atoms with van der Waals surface area (Å²) in [4.78, 5) is 0. The first-order valence-electron chi connectivity index (χ1n) is 7.25. The molecular weight excluding hydrogens is 248 g/mol. The van der Waals surface area contributed by atoms with Gasteiger partial charge in [0.2, 0.25) is 0 Å². The van der Waals surface area contributed by atoms with Crippen molar-refractivity contribution in [1.29, 1.82) is 5.26 Å². The highest BCUT2D eigenvalue weighted by atomic mass is 16.5. The van der Waals surface area contributed by atoms with E-state index >= 15 is 0 Å². The highest BCUT2D eigenvalue weighted by molar-refractivity contribution is 5.31. The van der Waals surface area contributed by atoms with Gasteiger partial charge in [-0.25, -0.2) is 0 Å². The predicted molar refractivity (Wildman–Crippen MR) is 80.8 cm³/mol. The molecule has 1 aliphatic rings. The topological polar surface area (TPSA) is 45.0 Å². The van der Waals surface area contributed by atoms with Gasteiger partial charge in [-0.2, -0.15) is 5.26 Å². The van der Waals surface area contributed by atoms with Gasteiger partial charge >= 0.3 is 0 Å². The van der Waals surface area contributed by atoms with E-state index in [4.69, 9.17) is 4.74 Å². The van der Waals surface area contributed by atoms with E-state index in [-0.39, 0.29) is 5.41 Å².